The maximum absolute atomic E-state index is 12.4. The van der Waals surface area contributed by atoms with Crippen LogP contribution in [0.15, 0.2) is 48.6 Å². The van der Waals surface area contributed by atoms with Crippen molar-refractivity contribution < 1.29 is 15.0 Å². The molecular weight excluding hydrogens is 590 g/mol. The van der Waals surface area contributed by atoms with Gasteiger partial charge in [-0.25, -0.2) is 0 Å². The predicted molar refractivity (Wildman–Crippen MR) is 211 cm³/mol. The number of amides is 1. The van der Waals surface area contributed by atoms with E-state index in [2.05, 4.69) is 55.6 Å². The van der Waals surface area contributed by atoms with Crippen molar-refractivity contribution in [3.05, 3.63) is 48.6 Å². The molecule has 0 aliphatic heterocycles. The van der Waals surface area contributed by atoms with Crippen LogP contribution in [0.2, 0.25) is 0 Å². The van der Waals surface area contributed by atoms with Gasteiger partial charge in [-0.15, -0.1) is 0 Å². The smallest absolute Gasteiger partial charge is 0.220 e. The van der Waals surface area contributed by atoms with Gasteiger partial charge in [-0.1, -0.05) is 184 Å². The fourth-order valence-corrected chi connectivity index (χ4v) is 6.05. The van der Waals surface area contributed by atoms with E-state index in [1.54, 1.807) is 6.08 Å². The van der Waals surface area contributed by atoms with E-state index in [4.69, 9.17) is 0 Å². The summed E-state index contributed by atoms with van der Waals surface area (Å²) in [6, 6.07) is -0.643. The first-order chi connectivity index (χ1) is 23.7. The Kier molecular flexibility index (Phi) is 38.4. The average molecular weight is 672 g/mol. The zero-order chi connectivity index (χ0) is 35.0. The monoisotopic (exact) mass is 672 g/mol. The molecule has 0 aromatic carbocycles. The number of aliphatic hydroxyl groups is 2. The molecule has 2 atom stereocenters. The van der Waals surface area contributed by atoms with Gasteiger partial charge >= 0.3 is 0 Å². The van der Waals surface area contributed by atoms with Crippen molar-refractivity contribution in [2.45, 2.75) is 219 Å². The average Bonchev–Trinajstić information content (AvgIpc) is 3.09. The second kappa shape index (κ2) is 39.8. The standard InChI is InChI=1S/C44H81NO3/c1-3-5-7-9-11-13-15-17-19-21-23-25-27-29-31-33-35-37-39-43(47)42(41-46)45-44(48)40-38-36-34-32-30-28-26-24-22-20-18-16-14-12-10-8-6-4-2/h14,16,20,22,29,31,37,39,42-43,46-47H,3-13,15,17-19,21,23-28,30,32-36,38,40-41H2,1-2H3,(H,45,48)/b16-14-,22-20-,31-29+,39-37+. The van der Waals surface area contributed by atoms with Crippen molar-refractivity contribution in [1.29, 1.82) is 0 Å². The molecule has 2 unspecified atom stereocenters. The predicted octanol–water partition coefficient (Wildman–Crippen LogP) is 12.8. The minimum absolute atomic E-state index is 0.0830. The number of nitrogens with one attached hydrogen (secondary N) is 1. The molecule has 0 rings (SSSR count). The van der Waals surface area contributed by atoms with E-state index in [9.17, 15) is 15.0 Å². The highest BCUT2D eigenvalue weighted by Gasteiger charge is 2.17. The van der Waals surface area contributed by atoms with Gasteiger partial charge in [0.2, 0.25) is 5.91 Å². The van der Waals surface area contributed by atoms with Gasteiger partial charge < -0.3 is 15.5 Å². The van der Waals surface area contributed by atoms with Gasteiger partial charge in [0.1, 0.15) is 0 Å². The third kappa shape index (κ3) is 35.7. The summed E-state index contributed by atoms with van der Waals surface area (Å²) in [5.74, 6) is -0.0830. The lowest BCUT2D eigenvalue weighted by Crippen LogP contribution is -2.45. The summed E-state index contributed by atoms with van der Waals surface area (Å²) in [6.07, 6.45) is 53.5. The molecular formula is C44H81NO3. The van der Waals surface area contributed by atoms with Crippen LogP contribution in [0.5, 0.6) is 0 Å². The molecule has 1 amide bonds. The Morgan fingerprint density at radius 2 is 0.875 bits per heavy atom. The Bertz CT molecular complexity index is 771. The molecule has 0 saturated heterocycles. The number of hydrogen-bond acceptors (Lipinski definition) is 3. The van der Waals surface area contributed by atoms with E-state index in [1.165, 1.54) is 141 Å². The quantitative estimate of drug-likeness (QED) is 0.0455. The number of carbonyl (C=O) groups is 1. The highest BCUT2D eigenvalue weighted by atomic mass is 16.3. The van der Waals surface area contributed by atoms with Crippen LogP contribution in [0.1, 0.15) is 206 Å². The summed E-state index contributed by atoms with van der Waals surface area (Å²) >= 11 is 0. The Hall–Kier alpha value is -1.65. The van der Waals surface area contributed by atoms with Crippen molar-refractivity contribution in [2.24, 2.45) is 0 Å². The minimum Gasteiger partial charge on any atom is -0.394 e. The molecule has 0 fully saturated rings. The molecule has 0 aliphatic rings. The van der Waals surface area contributed by atoms with Crippen LogP contribution in [0, 0.1) is 0 Å². The van der Waals surface area contributed by atoms with Crippen LogP contribution in [-0.2, 0) is 4.79 Å². The molecule has 48 heavy (non-hydrogen) atoms. The fraction of sp³-hybridized carbons (Fsp3) is 0.795. The van der Waals surface area contributed by atoms with Gasteiger partial charge in [0.15, 0.2) is 0 Å². The number of aliphatic hydroxyl groups excluding tert-OH is 2. The summed E-state index contributed by atoms with van der Waals surface area (Å²) in [5, 5.41) is 22.9. The van der Waals surface area contributed by atoms with Gasteiger partial charge in [0.25, 0.3) is 0 Å². The second-order valence-corrected chi connectivity index (χ2v) is 14.0. The molecule has 0 bridgehead atoms. The second-order valence-electron chi connectivity index (χ2n) is 14.0. The van der Waals surface area contributed by atoms with Crippen molar-refractivity contribution in [2.75, 3.05) is 6.61 Å². The summed E-state index contributed by atoms with van der Waals surface area (Å²) in [4.78, 5) is 12.4. The van der Waals surface area contributed by atoms with Crippen molar-refractivity contribution >= 4 is 5.91 Å². The summed E-state index contributed by atoms with van der Waals surface area (Å²) in [6.45, 7) is 4.27. The normalized spacial score (nSPS) is 13.5. The highest BCUT2D eigenvalue weighted by Crippen LogP contribution is 2.13. The summed E-state index contributed by atoms with van der Waals surface area (Å²) < 4.78 is 0. The Morgan fingerprint density at radius 1 is 0.500 bits per heavy atom. The van der Waals surface area contributed by atoms with E-state index in [-0.39, 0.29) is 12.5 Å². The largest absolute Gasteiger partial charge is 0.394 e. The highest BCUT2D eigenvalue weighted by molar-refractivity contribution is 5.76. The molecule has 0 saturated carbocycles. The van der Waals surface area contributed by atoms with E-state index < -0.39 is 12.1 Å². The Morgan fingerprint density at radius 3 is 1.35 bits per heavy atom. The van der Waals surface area contributed by atoms with E-state index in [0.717, 1.165) is 44.9 Å². The van der Waals surface area contributed by atoms with Gasteiger partial charge in [0, 0.05) is 6.42 Å². The fourth-order valence-electron chi connectivity index (χ4n) is 6.05. The van der Waals surface area contributed by atoms with Crippen LogP contribution in [0.4, 0.5) is 0 Å². The summed E-state index contributed by atoms with van der Waals surface area (Å²) in [5.41, 5.74) is 0. The van der Waals surface area contributed by atoms with Gasteiger partial charge in [0.05, 0.1) is 18.8 Å². The van der Waals surface area contributed by atoms with E-state index in [0.29, 0.717) is 6.42 Å². The Balaban J connectivity index is 3.66. The maximum atomic E-state index is 12.4. The summed E-state index contributed by atoms with van der Waals surface area (Å²) in [7, 11) is 0. The molecule has 4 heteroatoms. The van der Waals surface area contributed by atoms with Crippen molar-refractivity contribution in [3.8, 4) is 0 Å². The van der Waals surface area contributed by atoms with Gasteiger partial charge in [-0.2, -0.15) is 0 Å². The minimum atomic E-state index is -0.865. The lowest BCUT2D eigenvalue weighted by Gasteiger charge is -2.19. The number of allylic oxidation sites excluding steroid dienone is 7. The van der Waals surface area contributed by atoms with Crippen LogP contribution >= 0.6 is 0 Å². The molecule has 0 aliphatic carbocycles. The molecule has 4 nitrogen and oxygen atoms in total. The molecule has 0 spiro atoms. The Labute approximate surface area is 299 Å². The van der Waals surface area contributed by atoms with Crippen LogP contribution < -0.4 is 5.32 Å². The van der Waals surface area contributed by atoms with Gasteiger partial charge in [-0.05, 0) is 64.2 Å². The van der Waals surface area contributed by atoms with Crippen LogP contribution in [-0.4, -0.2) is 34.9 Å². The van der Waals surface area contributed by atoms with Crippen LogP contribution in [0.3, 0.4) is 0 Å². The first kappa shape index (κ1) is 46.4. The van der Waals surface area contributed by atoms with E-state index >= 15 is 0 Å². The van der Waals surface area contributed by atoms with Crippen molar-refractivity contribution in [3.63, 3.8) is 0 Å². The first-order valence-electron chi connectivity index (χ1n) is 20.9. The molecule has 0 heterocycles. The number of unbranched alkanes of at least 4 members (excludes halogenated alkanes) is 24. The number of rotatable bonds is 37. The molecule has 0 radical (unpaired) electrons. The molecule has 3 N–H and O–H groups in total. The number of carbonyl (C=O) groups excluding carboxylic acids is 1. The SMILES string of the molecule is CCCCCC/C=C\C/C=C\CCCCCCCCCC(=O)NC(CO)C(O)/C=C/CC/C=C/CCCCCCCCCCCCCC. The zero-order valence-electron chi connectivity index (χ0n) is 32.0. The lowest BCUT2D eigenvalue weighted by molar-refractivity contribution is -0.123. The molecule has 0 aromatic heterocycles. The zero-order valence-corrected chi connectivity index (χ0v) is 32.0. The topological polar surface area (TPSA) is 69.6 Å². The molecule has 0 aromatic rings. The third-order valence-corrected chi connectivity index (χ3v) is 9.28. The van der Waals surface area contributed by atoms with Crippen molar-refractivity contribution in [1.82, 2.24) is 5.32 Å². The number of hydrogen-bond donors (Lipinski definition) is 3. The lowest BCUT2D eigenvalue weighted by atomic mass is 10.0. The van der Waals surface area contributed by atoms with Crippen LogP contribution in [0.25, 0.3) is 0 Å². The first-order valence-corrected chi connectivity index (χ1v) is 20.9. The van der Waals surface area contributed by atoms with E-state index in [1.807, 2.05) is 6.08 Å². The third-order valence-electron chi connectivity index (χ3n) is 9.28. The maximum Gasteiger partial charge on any atom is 0.220 e. The molecule has 280 valence electrons. The van der Waals surface area contributed by atoms with Gasteiger partial charge in [-0.3, -0.25) is 4.79 Å².